The molecule has 0 aromatic carbocycles. The quantitative estimate of drug-likeness (QED) is 0.684. The fourth-order valence-electron chi connectivity index (χ4n) is 2.55. The maximum Gasteiger partial charge on any atom is 0.326 e. The number of amides is 1. The Labute approximate surface area is 99.9 Å². The first-order valence-electron chi connectivity index (χ1n) is 5.90. The molecule has 3 unspecified atom stereocenters. The van der Waals surface area contributed by atoms with Crippen LogP contribution in [0, 0.1) is 5.92 Å². The van der Waals surface area contributed by atoms with Crippen LogP contribution in [0.5, 0.6) is 0 Å². The van der Waals surface area contributed by atoms with Crippen LogP contribution in [0.3, 0.4) is 0 Å². The number of nitrogens with one attached hydrogen (secondary N) is 1. The van der Waals surface area contributed by atoms with E-state index in [2.05, 4.69) is 5.32 Å². The van der Waals surface area contributed by atoms with E-state index >= 15 is 0 Å². The van der Waals surface area contributed by atoms with Crippen LogP contribution in [-0.2, 0) is 14.3 Å². The predicted molar refractivity (Wildman–Crippen MR) is 59.5 cm³/mol. The summed E-state index contributed by atoms with van der Waals surface area (Å²) >= 11 is 0. The lowest BCUT2D eigenvalue weighted by Gasteiger charge is -2.24. The number of rotatable bonds is 3. The number of nitrogens with zero attached hydrogens (tertiary/aromatic N) is 1. The highest BCUT2D eigenvalue weighted by Gasteiger charge is 2.42. The molecule has 1 amide bonds. The summed E-state index contributed by atoms with van der Waals surface area (Å²) in [5.41, 5.74) is 0. The van der Waals surface area contributed by atoms with Gasteiger partial charge in [-0.2, -0.15) is 0 Å². The number of hydrogen-bond donors (Lipinski definition) is 2. The van der Waals surface area contributed by atoms with Crippen LogP contribution >= 0.6 is 0 Å². The van der Waals surface area contributed by atoms with Crippen LogP contribution in [0.4, 0.5) is 0 Å². The summed E-state index contributed by atoms with van der Waals surface area (Å²) in [4.78, 5) is 24.8. The monoisotopic (exact) mass is 242 g/mol. The number of aliphatic carboxylic acids is 1. The molecule has 17 heavy (non-hydrogen) atoms. The third-order valence-electron chi connectivity index (χ3n) is 3.57. The Bertz CT molecular complexity index is 315. The number of carboxylic acid groups (broad SMARTS) is 1. The first-order valence-corrected chi connectivity index (χ1v) is 5.90. The first-order chi connectivity index (χ1) is 8.13. The summed E-state index contributed by atoms with van der Waals surface area (Å²) in [6, 6.07) is -0.729. The Kier molecular flexibility index (Phi) is 3.63. The van der Waals surface area contributed by atoms with Gasteiger partial charge in [-0.15, -0.1) is 0 Å². The summed E-state index contributed by atoms with van der Waals surface area (Å²) in [5, 5.41) is 12.2. The highest BCUT2D eigenvalue weighted by molar-refractivity contribution is 5.86. The second-order valence-corrected chi connectivity index (χ2v) is 4.63. The van der Waals surface area contributed by atoms with Crippen molar-refractivity contribution in [3.8, 4) is 0 Å². The summed E-state index contributed by atoms with van der Waals surface area (Å²) in [5.74, 6) is -1.07. The fraction of sp³-hybridized carbons (Fsp3) is 0.818. The van der Waals surface area contributed by atoms with E-state index in [1.807, 2.05) is 0 Å². The van der Waals surface area contributed by atoms with Gasteiger partial charge in [-0.25, -0.2) is 4.79 Å². The third-order valence-corrected chi connectivity index (χ3v) is 3.57. The van der Waals surface area contributed by atoms with E-state index in [-0.39, 0.29) is 17.9 Å². The van der Waals surface area contributed by atoms with Gasteiger partial charge in [0, 0.05) is 26.6 Å². The van der Waals surface area contributed by atoms with E-state index in [4.69, 9.17) is 9.84 Å². The van der Waals surface area contributed by atoms with Crippen LogP contribution in [0.25, 0.3) is 0 Å². The Hall–Kier alpha value is -1.14. The predicted octanol–water partition coefficient (Wildman–Crippen LogP) is -0.704. The van der Waals surface area contributed by atoms with Crippen molar-refractivity contribution in [2.45, 2.75) is 25.0 Å². The van der Waals surface area contributed by atoms with Crippen molar-refractivity contribution in [1.29, 1.82) is 0 Å². The molecule has 6 nitrogen and oxygen atoms in total. The molecule has 0 aromatic heterocycles. The van der Waals surface area contributed by atoms with Gasteiger partial charge in [0.05, 0.1) is 12.0 Å². The maximum absolute atomic E-state index is 12.2. The Balaban J connectivity index is 2.06. The van der Waals surface area contributed by atoms with Crippen LogP contribution in [-0.4, -0.2) is 60.8 Å². The van der Waals surface area contributed by atoms with E-state index in [9.17, 15) is 9.59 Å². The minimum atomic E-state index is -0.941. The van der Waals surface area contributed by atoms with Gasteiger partial charge < -0.3 is 20.1 Å². The van der Waals surface area contributed by atoms with Gasteiger partial charge in [0.1, 0.15) is 6.04 Å². The molecule has 2 rings (SSSR count). The molecule has 96 valence electrons. The molecule has 2 fully saturated rings. The molecular weight excluding hydrogens is 224 g/mol. The topological polar surface area (TPSA) is 78.9 Å². The summed E-state index contributed by atoms with van der Waals surface area (Å²) in [6.07, 6.45) is 1.02. The van der Waals surface area contributed by atoms with Crippen LogP contribution in [0.2, 0.25) is 0 Å². The third kappa shape index (κ3) is 2.42. The SMILES string of the molecule is COC1CC(C(=O)O)N(C(=O)C2CCNC2)C1. The molecule has 0 bridgehead atoms. The Morgan fingerprint density at radius 3 is 2.76 bits per heavy atom. The summed E-state index contributed by atoms with van der Waals surface area (Å²) in [6.45, 7) is 1.87. The van der Waals surface area contributed by atoms with Gasteiger partial charge in [-0.05, 0) is 13.0 Å². The first kappa shape index (κ1) is 12.3. The van der Waals surface area contributed by atoms with Gasteiger partial charge in [0.25, 0.3) is 0 Å². The molecular formula is C11H18N2O4. The molecule has 0 radical (unpaired) electrons. The van der Waals surface area contributed by atoms with E-state index in [1.165, 1.54) is 4.90 Å². The van der Waals surface area contributed by atoms with Gasteiger partial charge in [0.2, 0.25) is 5.91 Å². The lowest BCUT2D eigenvalue weighted by atomic mass is 10.1. The molecule has 3 atom stereocenters. The van der Waals surface area contributed by atoms with Crippen molar-refractivity contribution in [2.75, 3.05) is 26.7 Å². The van der Waals surface area contributed by atoms with Gasteiger partial charge in [0.15, 0.2) is 0 Å². The van der Waals surface area contributed by atoms with E-state index in [0.29, 0.717) is 19.5 Å². The molecule has 0 saturated carbocycles. The molecule has 2 N–H and O–H groups in total. The van der Waals surface area contributed by atoms with Crippen LogP contribution in [0.15, 0.2) is 0 Å². The molecule has 2 heterocycles. The smallest absolute Gasteiger partial charge is 0.326 e. The van der Waals surface area contributed by atoms with Crippen LogP contribution < -0.4 is 5.32 Å². The van der Waals surface area contributed by atoms with Crippen molar-refractivity contribution in [2.24, 2.45) is 5.92 Å². The number of methoxy groups -OCH3 is 1. The standard InChI is InChI=1S/C11H18N2O4/c1-17-8-4-9(11(15)16)13(6-8)10(14)7-2-3-12-5-7/h7-9,12H,2-6H2,1H3,(H,15,16). The molecule has 0 aliphatic carbocycles. The average Bonchev–Trinajstić information content (AvgIpc) is 2.97. The lowest BCUT2D eigenvalue weighted by molar-refractivity contribution is -0.149. The Morgan fingerprint density at radius 2 is 2.24 bits per heavy atom. The second-order valence-electron chi connectivity index (χ2n) is 4.63. The highest BCUT2D eigenvalue weighted by Crippen LogP contribution is 2.24. The number of carboxylic acids is 1. The number of carbonyl (C=O) groups is 2. The molecule has 0 spiro atoms. The Morgan fingerprint density at radius 1 is 1.47 bits per heavy atom. The highest BCUT2D eigenvalue weighted by atomic mass is 16.5. The largest absolute Gasteiger partial charge is 0.480 e. The molecule has 6 heteroatoms. The number of likely N-dealkylation sites (tertiary alicyclic amines) is 1. The van der Waals surface area contributed by atoms with Gasteiger partial charge in [-0.3, -0.25) is 4.79 Å². The van der Waals surface area contributed by atoms with E-state index < -0.39 is 12.0 Å². The number of hydrogen-bond acceptors (Lipinski definition) is 4. The van der Waals surface area contributed by atoms with Crippen molar-refractivity contribution >= 4 is 11.9 Å². The molecule has 2 saturated heterocycles. The summed E-state index contributed by atoms with van der Waals surface area (Å²) in [7, 11) is 1.55. The van der Waals surface area contributed by atoms with Gasteiger partial charge >= 0.3 is 5.97 Å². The average molecular weight is 242 g/mol. The second kappa shape index (κ2) is 5.01. The minimum Gasteiger partial charge on any atom is -0.480 e. The van der Waals surface area contributed by atoms with Crippen molar-refractivity contribution in [3.63, 3.8) is 0 Å². The van der Waals surface area contributed by atoms with Crippen LogP contribution in [0.1, 0.15) is 12.8 Å². The zero-order chi connectivity index (χ0) is 12.4. The fourth-order valence-corrected chi connectivity index (χ4v) is 2.55. The van der Waals surface area contributed by atoms with Crippen molar-refractivity contribution < 1.29 is 19.4 Å². The van der Waals surface area contributed by atoms with Crippen molar-refractivity contribution in [3.05, 3.63) is 0 Å². The molecule has 2 aliphatic heterocycles. The molecule has 0 aromatic rings. The maximum atomic E-state index is 12.2. The number of carbonyl (C=O) groups excluding carboxylic acids is 1. The zero-order valence-electron chi connectivity index (χ0n) is 9.89. The van der Waals surface area contributed by atoms with E-state index in [1.54, 1.807) is 7.11 Å². The van der Waals surface area contributed by atoms with E-state index in [0.717, 1.165) is 13.0 Å². The summed E-state index contributed by atoms with van der Waals surface area (Å²) < 4.78 is 5.16. The number of ether oxygens (including phenoxy) is 1. The van der Waals surface area contributed by atoms with Gasteiger partial charge in [-0.1, -0.05) is 0 Å². The normalized spacial score (nSPS) is 33.0. The molecule has 2 aliphatic rings. The lowest BCUT2D eigenvalue weighted by Crippen LogP contribution is -2.44. The zero-order valence-corrected chi connectivity index (χ0v) is 9.89. The van der Waals surface area contributed by atoms with Crippen molar-refractivity contribution in [1.82, 2.24) is 10.2 Å². The minimum absolute atomic E-state index is 0.0537.